The molecule has 0 radical (unpaired) electrons. The number of aryl methyl sites for hydroxylation is 2. The van der Waals surface area contributed by atoms with E-state index in [1.165, 1.54) is 12.1 Å². The zero-order chi connectivity index (χ0) is 20.7. The van der Waals surface area contributed by atoms with Crippen LogP contribution >= 0.6 is 0 Å². The molecule has 0 fully saturated rings. The van der Waals surface area contributed by atoms with E-state index in [0.29, 0.717) is 30.3 Å². The minimum Gasteiger partial charge on any atom is -0.490 e. The molecule has 0 saturated heterocycles. The van der Waals surface area contributed by atoms with Crippen LogP contribution in [-0.2, 0) is 0 Å². The van der Waals surface area contributed by atoms with Crippen LogP contribution in [-0.4, -0.2) is 24.0 Å². The summed E-state index contributed by atoms with van der Waals surface area (Å²) in [5.41, 5.74) is 2.12. The van der Waals surface area contributed by atoms with Crippen molar-refractivity contribution in [1.29, 1.82) is 0 Å². The Bertz CT molecular complexity index is 864. The van der Waals surface area contributed by atoms with Crippen LogP contribution in [0.5, 0.6) is 11.5 Å². The number of carbonyl (C=O) groups is 1. The minimum atomic E-state index is -0.542. The zero-order valence-corrected chi connectivity index (χ0v) is 16.7. The lowest BCUT2D eigenvalue weighted by atomic mass is 10.1. The van der Waals surface area contributed by atoms with E-state index in [2.05, 4.69) is 5.32 Å². The fourth-order valence-electron chi connectivity index (χ4n) is 2.71. The first-order chi connectivity index (χ1) is 13.4. The molecule has 0 unspecified atom stereocenters. The minimum absolute atomic E-state index is 0.0740. The molecule has 0 aliphatic carbocycles. The number of rotatable bonds is 9. The smallest absolute Gasteiger partial charge is 0.296 e. The molecule has 0 atom stereocenters. The number of ether oxygens (including phenoxy) is 2. The Labute approximate surface area is 164 Å². The molecule has 1 N–H and O–H groups in total. The summed E-state index contributed by atoms with van der Waals surface area (Å²) >= 11 is 0. The highest BCUT2D eigenvalue weighted by Gasteiger charge is 2.22. The van der Waals surface area contributed by atoms with Crippen molar-refractivity contribution in [2.24, 2.45) is 0 Å². The topological polar surface area (TPSA) is 90.7 Å². The van der Waals surface area contributed by atoms with E-state index in [9.17, 15) is 14.9 Å². The van der Waals surface area contributed by atoms with Gasteiger partial charge in [-0.25, -0.2) is 0 Å². The zero-order valence-electron chi connectivity index (χ0n) is 16.7. The summed E-state index contributed by atoms with van der Waals surface area (Å²) in [6.45, 7) is 8.51. The predicted molar refractivity (Wildman–Crippen MR) is 109 cm³/mol. The average molecular weight is 386 g/mol. The van der Waals surface area contributed by atoms with Gasteiger partial charge in [0.25, 0.3) is 11.6 Å². The summed E-state index contributed by atoms with van der Waals surface area (Å²) in [4.78, 5) is 23.7. The molecule has 28 heavy (non-hydrogen) atoms. The van der Waals surface area contributed by atoms with Crippen molar-refractivity contribution in [1.82, 2.24) is 0 Å². The van der Waals surface area contributed by atoms with E-state index >= 15 is 0 Å². The summed E-state index contributed by atoms with van der Waals surface area (Å²) in [7, 11) is 0. The molecule has 0 aliphatic heterocycles. The van der Waals surface area contributed by atoms with E-state index in [1.54, 1.807) is 6.07 Å². The summed E-state index contributed by atoms with van der Waals surface area (Å²) in [6, 6.07) is 8.19. The number of nitro groups is 1. The Morgan fingerprint density at radius 3 is 2.18 bits per heavy atom. The molecule has 7 heteroatoms. The highest BCUT2D eigenvalue weighted by Crippen LogP contribution is 2.38. The van der Waals surface area contributed by atoms with Gasteiger partial charge in [-0.15, -0.1) is 0 Å². The lowest BCUT2D eigenvalue weighted by Crippen LogP contribution is -2.15. The van der Waals surface area contributed by atoms with Crippen molar-refractivity contribution >= 4 is 17.3 Å². The van der Waals surface area contributed by atoms with Gasteiger partial charge in [-0.3, -0.25) is 14.9 Å². The second kappa shape index (κ2) is 9.73. The normalized spacial score (nSPS) is 10.4. The molecule has 2 aromatic carbocycles. The molecule has 0 spiro atoms. The number of hydrogen-bond acceptors (Lipinski definition) is 5. The van der Waals surface area contributed by atoms with Crippen molar-refractivity contribution in [3.8, 4) is 11.5 Å². The fourth-order valence-corrected chi connectivity index (χ4v) is 2.71. The molecule has 2 aromatic rings. The van der Waals surface area contributed by atoms with Crippen LogP contribution in [0.4, 0.5) is 11.4 Å². The van der Waals surface area contributed by atoms with Crippen LogP contribution in [0.25, 0.3) is 0 Å². The van der Waals surface area contributed by atoms with Gasteiger partial charge >= 0.3 is 0 Å². The van der Waals surface area contributed by atoms with E-state index in [0.717, 1.165) is 24.0 Å². The maximum atomic E-state index is 12.7. The monoisotopic (exact) mass is 386 g/mol. The van der Waals surface area contributed by atoms with E-state index < -0.39 is 10.8 Å². The summed E-state index contributed by atoms with van der Waals surface area (Å²) in [5, 5.41) is 14.2. The molecule has 0 saturated carbocycles. The quantitative estimate of drug-likeness (QED) is 0.481. The summed E-state index contributed by atoms with van der Waals surface area (Å²) in [6.07, 6.45) is 1.53. The first-order valence-electron chi connectivity index (χ1n) is 9.34. The number of nitrogens with zero attached hydrogens (tertiary/aromatic N) is 1. The first kappa shape index (κ1) is 21.2. The van der Waals surface area contributed by atoms with Gasteiger partial charge < -0.3 is 14.8 Å². The van der Waals surface area contributed by atoms with E-state index in [4.69, 9.17) is 9.47 Å². The number of carbonyl (C=O) groups excluding carboxylic acids is 1. The fraction of sp³-hybridized carbons (Fsp3) is 0.381. The third kappa shape index (κ3) is 5.22. The second-order valence-corrected chi connectivity index (χ2v) is 6.54. The lowest BCUT2D eigenvalue weighted by molar-refractivity contribution is -0.384. The van der Waals surface area contributed by atoms with Crippen molar-refractivity contribution in [3.63, 3.8) is 0 Å². The molecular weight excluding hydrogens is 360 g/mol. The summed E-state index contributed by atoms with van der Waals surface area (Å²) < 4.78 is 11.3. The van der Waals surface area contributed by atoms with Gasteiger partial charge in [0.05, 0.1) is 24.2 Å². The van der Waals surface area contributed by atoms with E-state index in [1.807, 2.05) is 39.8 Å². The lowest BCUT2D eigenvalue weighted by Gasteiger charge is -2.15. The standard InChI is InChI=1S/C21H26N2O5/c1-5-9-27-19-12-17(18(23(25)26)13-20(19)28-10-6-2)22-21(24)16-8-7-14(3)11-15(16)4/h7-8,11-13H,5-6,9-10H2,1-4H3,(H,22,24). The molecule has 2 rings (SSSR count). The molecule has 7 nitrogen and oxygen atoms in total. The number of amides is 1. The van der Waals surface area contributed by atoms with Gasteiger partial charge in [-0.2, -0.15) is 0 Å². The molecular formula is C21H26N2O5. The maximum Gasteiger partial charge on any atom is 0.296 e. The van der Waals surface area contributed by atoms with Crippen molar-refractivity contribution < 1.29 is 19.2 Å². The second-order valence-electron chi connectivity index (χ2n) is 6.54. The van der Waals surface area contributed by atoms with Crippen LogP contribution < -0.4 is 14.8 Å². The molecule has 150 valence electrons. The van der Waals surface area contributed by atoms with Crippen molar-refractivity contribution in [2.75, 3.05) is 18.5 Å². The Balaban J connectivity index is 2.42. The number of hydrogen-bond donors (Lipinski definition) is 1. The van der Waals surface area contributed by atoms with E-state index in [-0.39, 0.29) is 11.4 Å². The van der Waals surface area contributed by atoms with Crippen molar-refractivity contribution in [2.45, 2.75) is 40.5 Å². The number of anilines is 1. The van der Waals surface area contributed by atoms with Gasteiger partial charge in [-0.1, -0.05) is 31.5 Å². The Morgan fingerprint density at radius 1 is 1.04 bits per heavy atom. The third-order valence-electron chi connectivity index (χ3n) is 4.06. The maximum absolute atomic E-state index is 12.7. The van der Waals surface area contributed by atoms with Crippen molar-refractivity contribution in [3.05, 3.63) is 57.1 Å². The van der Waals surface area contributed by atoms with Crippen LogP contribution in [0, 0.1) is 24.0 Å². The van der Waals surface area contributed by atoms with Gasteiger partial charge in [0, 0.05) is 11.6 Å². The first-order valence-corrected chi connectivity index (χ1v) is 9.34. The molecule has 0 aliphatic rings. The average Bonchev–Trinajstić information content (AvgIpc) is 2.64. The number of benzene rings is 2. The molecule has 0 heterocycles. The SMILES string of the molecule is CCCOc1cc(NC(=O)c2ccc(C)cc2C)c([N+](=O)[O-])cc1OCCC. The number of nitro benzene ring substituents is 1. The third-order valence-corrected chi connectivity index (χ3v) is 4.06. The Hall–Kier alpha value is -3.09. The largest absolute Gasteiger partial charge is 0.490 e. The Morgan fingerprint density at radius 2 is 1.64 bits per heavy atom. The van der Waals surface area contributed by atoms with Crippen LogP contribution in [0.3, 0.4) is 0 Å². The van der Waals surface area contributed by atoms with Crippen LogP contribution in [0.2, 0.25) is 0 Å². The highest BCUT2D eigenvalue weighted by molar-refractivity contribution is 6.06. The highest BCUT2D eigenvalue weighted by atomic mass is 16.6. The van der Waals surface area contributed by atoms with Crippen LogP contribution in [0.1, 0.15) is 48.2 Å². The van der Waals surface area contributed by atoms with Gasteiger partial charge in [0.15, 0.2) is 11.5 Å². The predicted octanol–water partition coefficient (Wildman–Crippen LogP) is 5.04. The van der Waals surface area contributed by atoms with Gasteiger partial charge in [0.1, 0.15) is 5.69 Å². The van der Waals surface area contributed by atoms with Gasteiger partial charge in [-0.05, 0) is 38.3 Å². The van der Waals surface area contributed by atoms with Crippen LogP contribution in [0.15, 0.2) is 30.3 Å². The Kier molecular flexibility index (Phi) is 7.37. The molecule has 1 amide bonds. The molecule has 0 bridgehead atoms. The summed E-state index contributed by atoms with van der Waals surface area (Å²) in [5.74, 6) is 0.257. The number of nitrogens with one attached hydrogen (secondary N) is 1. The molecule has 0 aromatic heterocycles. The van der Waals surface area contributed by atoms with Gasteiger partial charge in [0.2, 0.25) is 0 Å².